The van der Waals surface area contributed by atoms with Gasteiger partial charge in [0.1, 0.15) is 0 Å². The van der Waals surface area contributed by atoms with E-state index in [1.165, 1.54) is 25.8 Å². The van der Waals surface area contributed by atoms with Gasteiger partial charge in [-0.25, -0.2) is 0 Å². The van der Waals surface area contributed by atoms with Crippen LogP contribution in [0, 0.1) is 5.41 Å². The summed E-state index contributed by atoms with van der Waals surface area (Å²) in [6.45, 7) is 16.3. The molecule has 100 valence electrons. The SMILES string of the molecule is CC(C)(C)C1CC2(CCO2)CCN1C(C)(C)C. The summed E-state index contributed by atoms with van der Waals surface area (Å²) < 4.78 is 5.92. The number of nitrogens with zero attached hydrogens (tertiary/aromatic N) is 1. The smallest absolute Gasteiger partial charge is 0.0731 e. The summed E-state index contributed by atoms with van der Waals surface area (Å²) in [4.78, 5) is 2.69. The van der Waals surface area contributed by atoms with Crippen molar-refractivity contribution in [2.75, 3.05) is 13.2 Å². The van der Waals surface area contributed by atoms with Crippen LogP contribution in [0.3, 0.4) is 0 Å². The molecule has 2 aliphatic heterocycles. The van der Waals surface area contributed by atoms with Crippen molar-refractivity contribution in [3.63, 3.8) is 0 Å². The molecular weight excluding hydrogens is 210 g/mol. The zero-order valence-corrected chi connectivity index (χ0v) is 12.5. The normalized spacial score (nSPS) is 36.0. The van der Waals surface area contributed by atoms with Gasteiger partial charge in [-0.1, -0.05) is 20.8 Å². The van der Waals surface area contributed by atoms with Gasteiger partial charge in [-0.15, -0.1) is 0 Å². The fourth-order valence-electron chi connectivity index (χ4n) is 3.37. The van der Waals surface area contributed by atoms with Crippen LogP contribution in [0.2, 0.25) is 0 Å². The van der Waals surface area contributed by atoms with Gasteiger partial charge >= 0.3 is 0 Å². The van der Waals surface area contributed by atoms with Crippen LogP contribution in [-0.2, 0) is 4.74 Å². The molecule has 0 aromatic carbocycles. The Morgan fingerprint density at radius 1 is 1.06 bits per heavy atom. The first-order valence-corrected chi connectivity index (χ1v) is 7.05. The first-order chi connectivity index (χ1) is 7.64. The number of ether oxygens (including phenoxy) is 1. The Hall–Kier alpha value is -0.0800. The lowest BCUT2D eigenvalue weighted by molar-refractivity contribution is -0.200. The average molecular weight is 239 g/mol. The largest absolute Gasteiger partial charge is 0.375 e. The van der Waals surface area contributed by atoms with Crippen LogP contribution in [-0.4, -0.2) is 35.2 Å². The number of rotatable bonds is 0. The molecule has 0 amide bonds. The first-order valence-electron chi connectivity index (χ1n) is 7.05. The van der Waals surface area contributed by atoms with Crippen molar-refractivity contribution in [2.45, 2.75) is 78.0 Å². The van der Waals surface area contributed by atoms with Crippen LogP contribution in [0.5, 0.6) is 0 Å². The monoisotopic (exact) mass is 239 g/mol. The van der Waals surface area contributed by atoms with Crippen molar-refractivity contribution in [1.82, 2.24) is 4.90 Å². The molecule has 2 unspecified atom stereocenters. The van der Waals surface area contributed by atoms with Gasteiger partial charge in [0.05, 0.1) is 12.2 Å². The van der Waals surface area contributed by atoms with Crippen LogP contribution in [0.25, 0.3) is 0 Å². The van der Waals surface area contributed by atoms with E-state index in [0.29, 0.717) is 11.5 Å². The van der Waals surface area contributed by atoms with Crippen LogP contribution in [0.4, 0.5) is 0 Å². The highest BCUT2D eigenvalue weighted by atomic mass is 16.5. The second-order valence-corrected chi connectivity index (χ2v) is 7.98. The lowest BCUT2D eigenvalue weighted by Gasteiger charge is -2.57. The molecule has 0 saturated carbocycles. The van der Waals surface area contributed by atoms with Gasteiger partial charge in [0, 0.05) is 18.1 Å². The number of hydrogen-bond donors (Lipinski definition) is 0. The van der Waals surface area contributed by atoms with Crippen molar-refractivity contribution < 1.29 is 4.74 Å². The molecule has 0 radical (unpaired) electrons. The predicted octanol–water partition coefficient (Wildman–Crippen LogP) is 3.45. The first kappa shape index (κ1) is 13.4. The Bertz CT molecular complexity index is 280. The summed E-state index contributed by atoms with van der Waals surface area (Å²) in [5, 5.41) is 0. The maximum absolute atomic E-state index is 5.92. The van der Waals surface area contributed by atoms with E-state index < -0.39 is 0 Å². The van der Waals surface area contributed by atoms with Gasteiger partial charge in [0.25, 0.3) is 0 Å². The highest BCUT2D eigenvalue weighted by molar-refractivity contribution is 5.03. The van der Waals surface area contributed by atoms with Gasteiger partial charge in [0.15, 0.2) is 0 Å². The minimum absolute atomic E-state index is 0.236. The highest BCUT2D eigenvalue weighted by Gasteiger charge is 2.50. The molecular formula is C15H29NO. The molecule has 2 fully saturated rings. The fourth-order valence-corrected chi connectivity index (χ4v) is 3.37. The van der Waals surface area contributed by atoms with E-state index in [9.17, 15) is 0 Å². The third-order valence-corrected chi connectivity index (χ3v) is 4.58. The summed E-state index contributed by atoms with van der Waals surface area (Å²) in [7, 11) is 0. The minimum Gasteiger partial charge on any atom is -0.375 e. The molecule has 1 spiro atoms. The zero-order valence-electron chi connectivity index (χ0n) is 12.5. The van der Waals surface area contributed by atoms with Crippen LogP contribution < -0.4 is 0 Å². The molecule has 2 aliphatic rings. The van der Waals surface area contributed by atoms with Gasteiger partial charge in [0.2, 0.25) is 0 Å². The predicted molar refractivity (Wildman–Crippen MR) is 72.2 cm³/mol. The molecule has 2 heterocycles. The van der Waals surface area contributed by atoms with Crippen LogP contribution >= 0.6 is 0 Å². The van der Waals surface area contributed by atoms with E-state index in [1.807, 2.05) is 0 Å². The molecule has 2 heteroatoms. The van der Waals surface area contributed by atoms with E-state index in [1.54, 1.807) is 0 Å². The van der Waals surface area contributed by atoms with E-state index >= 15 is 0 Å². The van der Waals surface area contributed by atoms with Crippen molar-refractivity contribution in [3.05, 3.63) is 0 Å². The number of likely N-dealkylation sites (tertiary alicyclic amines) is 1. The lowest BCUT2D eigenvalue weighted by atomic mass is 9.71. The van der Waals surface area contributed by atoms with E-state index in [-0.39, 0.29) is 11.1 Å². The molecule has 0 aromatic heterocycles. The second kappa shape index (κ2) is 3.96. The Morgan fingerprint density at radius 3 is 2.00 bits per heavy atom. The Labute approximate surface area is 107 Å². The van der Waals surface area contributed by atoms with Crippen molar-refractivity contribution in [2.24, 2.45) is 5.41 Å². The van der Waals surface area contributed by atoms with Crippen molar-refractivity contribution in [3.8, 4) is 0 Å². The van der Waals surface area contributed by atoms with Crippen molar-refractivity contribution >= 4 is 0 Å². The molecule has 0 aromatic rings. The fraction of sp³-hybridized carbons (Fsp3) is 1.00. The van der Waals surface area contributed by atoms with E-state index in [2.05, 4.69) is 46.4 Å². The van der Waals surface area contributed by atoms with Gasteiger partial charge in [-0.2, -0.15) is 0 Å². The maximum atomic E-state index is 5.92. The van der Waals surface area contributed by atoms with Crippen LogP contribution in [0.15, 0.2) is 0 Å². The highest BCUT2D eigenvalue weighted by Crippen LogP contribution is 2.45. The number of hydrogen-bond acceptors (Lipinski definition) is 2. The molecule has 17 heavy (non-hydrogen) atoms. The van der Waals surface area contributed by atoms with E-state index in [4.69, 9.17) is 4.74 Å². The Morgan fingerprint density at radius 2 is 1.65 bits per heavy atom. The molecule has 0 bridgehead atoms. The summed E-state index contributed by atoms with van der Waals surface area (Å²) in [5.41, 5.74) is 0.836. The summed E-state index contributed by atoms with van der Waals surface area (Å²) in [6, 6.07) is 0.636. The maximum Gasteiger partial charge on any atom is 0.0731 e. The van der Waals surface area contributed by atoms with Gasteiger partial charge in [-0.3, -0.25) is 4.90 Å². The standard InChI is InChI=1S/C15H29NO/c1-13(2,3)12-11-15(8-10-17-15)7-9-16(12)14(4,5)6/h12H,7-11H2,1-6H3. The molecule has 2 atom stereocenters. The third kappa shape index (κ3) is 2.53. The lowest BCUT2D eigenvalue weighted by Crippen LogP contribution is -2.63. The minimum atomic E-state index is 0.236. The summed E-state index contributed by atoms with van der Waals surface area (Å²) >= 11 is 0. The quantitative estimate of drug-likeness (QED) is 0.642. The molecule has 0 aliphatic carbocycles. The second-order valence-electron chi connectivity index (χ2n) is 7.98. The zero-order chi connectivity index (χ0) is 12.9. The topological polar surface area (TPSA) is 12.5 Å². The van der Waals surface area contributed by atoms with Crippen LogP contribution in [0.1, 0.15) is 60.8 Å². The Balaban J connectivity index is 2.18. The molecule has 2 nitrogen and oxygen atoms in total. The van der Waals surface area contributed by atoms with E-state index in [0.717, 1.165) is 6.61 Å². The molecule has 2 rings (SSSR count). The Kier molecular flexibility index (Phi) is 3.11. The average Bonchev–Trinajstić information content (AvgIpc) is 2.11. The van der Waals surface area contributed by atoms with Gasteiger partial charge in [-0.05, 0) is 45.4 Å². The van der Waals surface area contributed by atoms with Gasteiger partial charge < -0.3 is 4.74 Å². The number of piperidine rings is 1. The summed E-state index contributed by atoms with van der Waals surface area (Å²) in [6.07, 6.45) is 3.71. The molecule has 0 N–H and O–H groups in total. The summed E-state index contributed by atoms with van der Waals surface area (Å²) in [5.74, 6) is 0. The molecule has 2 saturated heterocycles. The van der Waals surface area contributed by atoms with Crippen molar-refractivity contribution in [1.29, 1.82) is 0 Å². The third-order valence-electron chi connectivity index (χ3n) is 4.58.